The summed E-state index contributed by atoms with van der Waals surface area (Å²) in [6.45, 7) is 12.1. The van der Waals surface area contributed by atoms with Crippen LogP contribution in [0.3, 0.4) is 0 Å². The van der Waals surface area contributed by atoms with Gasteiger partial charge in [-0.3, -0.25) is 0 Å². The molecular formula is C34H68. The van der Waals surface area contributed by atoms with Gasteiger partial charge in [-0.2, -0.15) is 0 Å². The zero-order chi connectivity index (χ0) is 25.2. The van der Waals surface area contributed by atoms with Crippen molar-refractivity contribution in [3.8, 4) is 0 Å². The van der Waals surface area contributed by atoms with Crippen molar-refractivity contribution in [1.82, 2.24) is 0 Å². The lowest BCUT2D eigenvalue weighted by Crippen LogP contribution is -1.82. The Morgan fingerprint density at radius 1 is 0.294 bits per heavy atom. The monoisotopic (exact) mass is 477 g/mol. The van der Waals surface area contributed by atoms with Crippen LogP contribution in [-0.4, -0.2) is 0 Å². The van der Waals surface area contributed by atoms with Crippen LogP contribution in [0, 0.1) is 0 Å². The second-order valence-electron chi connectivity index (χ2n) is 10.6. The lowest BCUT2D eigenvalue weighted by atomic mass is 10.0. The van der Waals surface area contributed by atoms with Crippen LogP contribution in [0.5, 0.6) is 0 Å². The lowest BCUT2D eigenvalue weighted by molar-refractivity contribution is 0.540. The summed E-state index contributed by atoms with van der Waals surface area (Å²) in [7, 11) is 0. The summed E-state index contributed by atoms with van der Waals surface area (Å²) in [5, 5.41) is 0. The first kappa shape index (κ1) is 35.6. The van der Waals surface area contributed by atoms with E-state index in [4.69, 9.17) is 0 Å². The molecule has 0 heteroatoms. The molecule has 0 spiro atoms. The van der Waals surface area contributed by atoms with E-state index in [-0.39, 0.29) is 0 Å². The van der Waals surface area contributed by atoms with Gasteiger partial charge in [0.05, 0.1) is 0 Å². The maximum atomic E-state index is 3.75. The summed E-state index contributed by atoms with van der Waals surface area (Å²) in [5.74, 6) is 0. The van der Waals surface area contributed by atoms with Crippen molar-refractivity contribution in [2.24, 2.45) is 0 Å². The van der Waals surface area contributed by atoms with Crippen LogP contribution in [-0.2, 0) is 0 Å². The maximum absolute atomic E-state index is 3.75. The van der Waals surface area contributed by atoms with Crippen LogP contribution in [0.25, 0.3) is 0 Å². The van der Waals surface area contributed by atoms with Crippen molar-refractivity contribution in [3.63, 3.8) is 0 Å². The molecule has 0 nitrogen and oxygen atoms in total. The number of rotatable bonds is 28. The zero-order valence-electron chi connectivity index (χ0n) is 24.4. The van der Waals surface area contributed by atoms with Crippen molar-refractivity contribution < 1.29 is 0 Å². The molecular weight excluding hydrogens is 408 g/mol. The van der Waals surface area contributed by atoms with Gasteiger partial charge >= 0.3 is 0 Å². The van der Waals surface area contributed by atoms with Crippen LogP contribution in [0.15, 0.2) is 25.3 Å². The molecule has 0 aliphatic carbocycles. The molecule has 204 valence electrons. The fourth-order valence-electron chi connectivity index (χ4n) is 4.61. The molecule has 0 aromatic heterocycles. The van der Waals surface area contributed by atoms with Gasteiger partial charge in [0, 0.05) is 0 Å². The van der Waals surface area contributed by atoms with Gasteiger partial charge in [0.1, 0.15) is 0 Å². The number of unbranched alkanes of at least 4 members (excludes halogenated alkanes) is 26. The van der Waals surface area contributed by atoms with Crippen molar-refractivity contribution in [1.29, 1.82) is 0 Å². The van der Waals surface area contributed by atoms with Crippen molar-refractivity contribution in [3.05, 3.63) is 25.3 Å². The Kier molecular flexibility index (Phi) is 38.8. The van der Waals surface area contributed by atoms with E-state index in [1.165, 1.54) is 180 Å². The molecule has 0 saturated carbocycles. The standard InChI is InChI=1S/2C17H34/c2*1-3-5-7-9-11-13-15-17-16-14-12-10-8-6-4-2/h2*3H,1,4-17H2,2H3. The average Bonchev–Trinajstić information content (AvgIpc) is 2.85. The van der Waals surface area contributed by atoms with Crippen molar-refractivity contribution in [2.75, 3.05) is 0 Å². The third-order valence-corrected chi connectivity index (χ3v) is 7.02. The molecule has 0 N–H and O–H groups in total. The number of allylic oxidation sites excluding steroid dienone is 2. The Bertz CT molecular complexity index is 308. The van der Waals surface area contributed by atoms with E-state index in [2.05, 4.69) is 27.0 Å². The fourth-order valence-corrected chi connectivity index (χ4v) is 4.61. The molecule has 0 aromatic rings. The smallest absolute Gasteiger partial charge is 0.0353 e. The Hall–Kier alpha value is -0.520. The van der Waals surface area contributed by atoms with E-state index in [9.17, 15) is 0 Å². The van der Waals surface area contributed by atoms with Gasteiger partial charge in [-0.05, 0) is 25.7 Å². The van der Waals surface area contributed by atoms with Crippen LogP contribution in [0.4, 0.5) is 0 Å². The summed E-state index contributed by atoms with van der Waals surface area (Å²) >= 11 is 0. The quantitative estimate of drug-likeness (QED) is 0.0777. The van der Waals surface area contributed by atoms with Crippen LogP contribution in [0.1, 0.15) is 194 Å². The molecule has 0 aliphatic rings. The third-order valence-electron chi connectivity index (χ3n) is 7.02. The van der Waals surface area contributed by atoms with E-state index < -0.39 is 0 Å². The highest BCUT2D eigenvalue weighted by molar-refractivity contribution is 4.66. The molecule has 0 aromatic carbocycles. The molecule has 0 bridgehead atoms. The highest BCUT2D eigenvalue weighted by Gasteiger charge is 1.94. The first-order chi connectivity index (χ1) is 16.8. The molecule has 34 heavy (non-hydrogen) atoms. The Morgan fingerprint density at radius 2 is 0.471 bits per heavy atom. The largest absolute Gasteiger partial charge is 0.103 e. The molecule has 0 rings (SSSR count). The molecule has 0 aliphatic heterocycles. The maximum Gasteiger partial charge on any atom is -0.0353 e. The minimum Gasteiger partial charge on any atom is -0.103 e. The van der Waals surface area contributed by atoms with Crippen LogP contribution < -0.4 is 0 Å². The summed E-state index contributed by atoms with van der Waals surface area (Å²) in [4.78, 5) is 0. The van der Waals surface area contributed by atoms with Crippen LogP contribution in [0.2, 0.25) is 0 Å². The highest BCUT2D eigenvalue weighted by Crippen LogP contribution is 2.14. The third kappa shape index (κ3) is 38.7. The summed E-state index contributed by atoms with van der Waals surface area (Å²) < 4.78 is 0. The number of hydrogen-bond donors (Lipinski definition) is 0. The van der Waals surface area contributed by atoms with Crippen molar-refractivity contribution >= 4 is 0 Å². The fraction of sp³-hybridized carbons (Fsp3) is 0.882. The second-order valence-corrected chi connectivity index (χ2v) is 10.6. The van der Waals surface area contributed by atoms with Gasteiger partial charge < -0.3 is 0 Å². The predicted molar refractivity (Wildman–Crippen MR) is 161 cm³/mol. The SMILES string of the molecule is C=CCCCCCCCCCCCCCCC.C=CCCCCCCCCCCCCCCC. The zero-order valence-corrected chi connectivity index (χ0v) is 24.4. The van der Waals surface area contributed by atoms with Crippen LogP contribution >= 0.6 is 0 Å². The minimum absolute atomic E-state index is 1.21. The normalized spacial score (nSPS) is 10.6. The van der Waals surface area contributed by atoms with E-state index in [0.717, 1.165) is 0 Å². The van der Waals surface area contributed by atoms with Gasteiger partial charge in [0.25, 0.3) is 0 Å². The lowest BCUT2D eigenvalue weighted by Gasteiger charge is -2.02. The summed E-state index contributed by atoms with van der Waals surface area (Å²) in [5.41, 5.74) is 0. The van der Waals surface area contributed by atoms with Gasteiger partial charge in [0.2, 0.25) is 0 Å². The molecule has 0 fully saturated rings. The average molecular weight is 477 g/mol. The first-order valence-corrected chi connectivity index (χ1v) is 16.0. The van der Waals surface area contributed by atoms with E-state index in [1.807, 2.05) is 12.2 Å². The molecule has 0 saturated heterocycles. The molecule has 0 heterocycles. The summed E-state index contributed by atoms with van der Waals surface area (Å²) in [6.07, 6.45) is 43.9. The highest BCUT2D eigenvalue weighted by atomic mass is 14.0. The van der Waals surface area contributed by atoms with Gasteiger partial charge in [-0.25, -0.2) is 0 Å². The Balaban J connectivity index is 0. The van der Waals surface area contributed by atoms with Crippen molar-refractivity contribution in [2.45, 2.75) is 194 Å². The summed E-state index contributed by atoms with van der Waals surface area (Å²) in [6, 6.07) is 0. The minimum atomic E-state index is 1.21. The molecule has 0 radical (unpaired) electrons. The van der Waals surface area contributed by atoms with Gasteiger partial charge in [0.15, 0.2) is 0 Å². The second kappa shape index (κ2) is 37.0. The van der Waals surface area contributed by atoms with Gasteiger partial charge in [-0.15, -0.1) is 13.2 Å². The van der Waals surface area contributed by atoms with E-state index in [1.54, 1.807) is 0 Å². The first-order valence-electron chi connectivity index (χ1n) is 16.0. The molecule has 0 amide bonds. The topological polar surface area (TPSA) is 0 Å². The number of hydrogen-bond acceptors (Lipinski definition) is 0. The van der Waals surface area contributed by atoms with E-state index >= 15 is 0 Å². The predicted octanol–water partition coefficient (Wildman–Crippen LogP) is 13.3. The van der Waals surface area contributed by atoms with Gasteiger partial charge in [-0.1, -0.05) is 180 Å². The molecule has 0 atom stereocenters. The Labute approximate surface area is 218 Å². The molecule has 0 unspecified atom stereocenters. The van der Waals surface area contributed by atoms with E-state index in [0.29, 0.717) is 0 Å². The Morgan fingerprint density at radius 3 is 0.647 bits per heavy atom.